The third kappa shape index (κ3) is 6.42. The van der Waals surface area contributed by atoms with E-state index in [2.05, 4.69) is 0 Å². The monoisotopic (exact) mass is 567 g/mol. The Labute approximate surface area is 241 Å². The largest absolute Gasteiger partial charge is 0.489 e. The van der Waals surface area contributed by atoms with Gasteiger partial charge in [0.2, 0.25) is 0 Å². The molecule has 1 heterocycles. The van der Waals surface area contributed by atoms with Crippen molar-refractivity contribution in [1.82, 2.24) is 4.90 Å². The molecule has 0 aromatic heterocycles. The van der Waals surface area contributed by atoms with Crippen LogP contribution >= 0.6 is 24.0 Å². The first-order valence-corrected chi connectivity index (χ1v) is 13.7. The van der Waals surface area contributed by atoms with E-state index in [0.29, 0.717) is 40.7 Å². The molecule has 1 saturated heterocycles. The molecule has 40 heavy (non-hydrogen) atoms. The summed E-state index contributed by atoms with van der Waals surface area (Å²) in [5, 5.41) is 9.99. The molecule has 0 bridgehead atoms. The number of thiocarbonyl (C=S) groups is 1. The molecule has 4 aromatic rings. The van der Waals surface area contributed by atoms with E-state index in [1.807, 2.05) is 72.8 Å². The third-order valence-corrected chi connectivity index (χ3v) is 7.51. The van der Waals surface area contributed by atoms with Crippen molar-refractivity contribution in [2.75, 3.05) is 0 Å². The standard InChI is InChI=1S/C32H25NO5S2/c34-30-28(40-32(39)33(30)29(31(35)36)24-14-8-3-9-15-24)19-25-18-26(37-20-22-10-4-1-5-11-22)16-17-27(25)38-21-23-12-6-2-7-13-23/h1-19,29H,20-21H2,(H,35,36). The smallest absolute Gasteiger partial charge is 0.331 e. The predicted molar refractivity (Wildman–Crippen MR) is 160 cm³/mol. The Balaban J connectivity index is 1.45. The maximum Gasteiger partial charge on any atom is 0.331 e. The number of carboxylic acids is 1. The van der Waals surface area contributed by atoms with E-state index in [0.717, 1.165) is 27.8 Å². The van der Waals surface area contributed by atoms with Crippen LogP contribution in [0.25, 0.3) is 6.08 Å². The van der Waals surface area contributed by atoms with Gasteiger partial charge in [-0.15, -0.1) is 0 Å². The molecule has 1 N–H and O–H groups in total. The van der Waals surface area contributed by atoms with Gasteiger partial charge in [0.25, 0.3) is 5.91 Å². The van der Waals surface area contributed by atoms with Gasteiger partial charge in [0.1, 0.15) is 29.0 Å². The average molecular weight is 568 g/mol. The highest BCUT2D eigenvalue weighted by Crippen LogP contribution is 2.40. The topological polar surface area (TPSA) is 76.1 Å². The number of nitrogens with zero attached hydrogens (tertiary/aromatic N) is 1. The summed E-state index contributed by atoms with van der Waals surface area (Å²) in [7, 11) is 0. The second-order valence-corrected chi connectivity index (χ2v) is 10.6. The highest BCUT2D eigenvalue weighted by atomic mass is 32.2. The van der Waals surface area contributed by atoms with Gasteiger partial charge in [-0.1, -0.05) is 115 Å². The summed E-state index contributed by atoms with van der Waals surface area (Å²) >= 11 is 6.55. The van der Waals surface area contributed by atoms with Gasteiger partial charge < -0.3 is 14.6 Å². The van der Waals surface area contributed by atoms with Crippen molar-refractivity contribution in [3.63, 3.8) is 0 Å². The molecule has 0 spiro atoms. The molecular weight excluding hydrogens is 542 g/mol. The Hall–Kier alpha value is -4.40. The molecule has 4 aromatic carbocycles. The minimum absolute atomic E-state index is 0.177. The second kappa shape index (κ2) is 12.6. The number of rotatable bonds is 10. The van der Waals surface area contributed by atoms with Gasteiger partial charge >= 0.3 is 5.97 Å². The Morgan fingerprint density at radius 2 is 1.43 bits per heavy atom. The lowest BCUT2D eigenvalue weighted by atomic mass is 10.1. The molecule has 1 amide bonds. The molecule has 1 fully saturated rings. The molecule has 1 unspecified atom stereocenters. The van der Waals surface area contributed by atoms with Crippen molar-refractivity contribution in [3.05, 3.63) is 136 Å². The highest BCUT2D eigenvalue weighted by Gasteiger charge is 2.41. The van der Waals surface area contributed by atoms with E-state index >= 15 is 0 Å². The molecule has 8 heteroatoms. The Bertz CT molecular complexity index is 1540. The van der Waals surface area contributed by atoms with E-state index < -0.39 is 17.9 Å². The molecule has 5 rings (SSSR count). The lowest BCUT2D eigenvalue weighted by Gasteiger charge is -2.23. The van der Waals surface area contributed by atoms with E-state index in [-0.39, 0.29) is 4.32 Å². The summed E-state index contributed by atoms with van der Waals surface area (Å²) in [6.07, 6.45) is 1.68. The van der Waals surface area contributed by atoms with Gasteiger partial charge in [-0.3, -0.25) is 9.69 Å². The van der Waals surface area contributed by atoms with E-state index in [1.54, 1.807) is 42.5 Å². The van der Waals surface area contributed by atoms with Crippen LogP contribution in [0, 0.1) is 0 Å². The maximum atomic E-state index is 13.5. The number of carbonyl (C=O) groups is 2. The zero-order valence-corrected chi connectivity index (χ0v) is 22.9. The van der Waals surface area contributed by atoms with Crippen molar-refractivity contribution < 1.29 is 24.2 Å². The van der Waals surface area contributed by atoms with Crippen LogP contribution in [-0.2, 0) is 22.8 Å². The molecule has 0 saturated carbocycles. The van der Waals surface area contributed by atoms with Gasteiger partial charge in [-0.2, -0.15) is 0 Å². The van der Waals surface area contributed by atoms with Gasteiger partial charge in [0.05, 0.1) is 4.91 Å². The molecule has 1 aliphatic heterocycles. The van der Waals surface area contributed by atoms with Crippen LogP contribution in [0.5, 0.6) is 11.5 Å². The van der Waals surface area contributed by atoms with Gasteiger partial charge in [0.15, 0.2) is 6.04 Å². The molecular formula is C32H25NO5S2. The highest BCUT2D eigenvalue weighted by molar-refractivity contribution is 8.26. The summed E-state index contributed by atoms with van der Waals surface area (Å²) in [5.41, 5.74) is 3.11. The van der Waals surface area contributed by atoms with Crippen molar-refractivity contribution >= 4 is 46.3 Å². The van der Waals surface area contributed by atoms with Crippen LogP contribution in [0.15, 0.2) is 114 Å². The zero-order valence-electron chi connectivity index (χ0n) is 21.3. The van der Waals surface area contributed by atoms with Crippen molar-refractivity contribution in [1.29, 1.82) is 0 Å². The van der Waals surface area contributed by atoms with E-state index in [9.17, 15) is 14.7 Å². The number of benzene rings is 4. The normalized spacial score (nSPS) is 14.8. The lowest BCUT2D eigenvalue weighted by molar-refractivity contribution is -0.145. The van der Waals surface area contributed by atoms with Gasteiger partial charge in [-0.25, -0.2) is 4.79 Å². The summed E-state index contributed by atoms with van der Waals surface area (Å²) in [4.78, 5) is 27.2. The molecule has 0 aliphatic carbocycles. The first-order valence-electron chi connectivity index (χ1n) is 12.5. The first kappa shape index (κ1) is 27.2. The minimum atomic E-state index is -1.23. The fraction of sp³-hybridized carbons (Fsp3) is 0.0938. The number of carboxylic acid groups (broad SMARTS) is 1. The Kier molecular flexibility index (Phi) is 8.59. The van der Waals surface area contributed by atoms with Crippen LogP contribution in [-0.4, -0.2) is 26.2 Å². The van der Waals surface area contributed by atoms with E-state index in [4.69, 9.17) is 21.7 Å². The van der Waals surface area contributed by atoms with Crippen LogP contribution < -0.4 is 9.47 Å². The third-order valence-electron chi connectivity index (χ3n) is 6.18. The number of thioether (sulfide) groups is 1. The SMILES string of the molecule is O=C(O)C(c1ccccc1)N1C(=O)C(=Cc2cc(OCc3ccccc3)ccc2OCc2ccccc2)SC1=S. The van der Waals surface area contributed by atoms with Crippen molar-refractivity contribution in [2.24, 2.45) is 0 Å². The number of hydrogen-bond acceptors (Lipinski definition) is 6. The summed E-state index contributed by atoms with van der Waals surface area (Å²) in [6, 6.07) is 32.4. The Morgan fingerprint density at radius 1 is 0.850 bits per heavy atom. The zero-order chi connectivity index (χ0) is 27.9. The number of aliphatic carboxylic acids is 1. The van der Waals surface area contributed by atoms with Crippen LogP contribution in [0.4, 0.5) is 0 Å². The van der Waals surface area contributed by atoms with Crippen molar-refractivity contribution in [3.8, 4) is 11.5 Å². The molecule has 0 radical (unpaired) electrons. The average Bonchev–Trinajstić information content (AvgIpc) is 3.25. The number of ether oxygens (including phenoxy) is 2. The fourth-order valence-corrected chi connectivity index (χ4v) is 5.52. The van der Waals surface area contributed by atoms with Crippen LogP contribution in [0.1, 0.15) is 28.3 Å². The molecule has 6 nitrogen and oxygen atoms in total. The quantitative estimate of drug-likeness (QED) is 0.166. The minimum Gasteiger partial charge on any atom is -0.489 e. The fourth-order valence-electron chi connectivity index (χ4n) is 4.22. The lowest BCUT2D eigenvalue weighted by Crippen LogP contribution is -2.37. The van der Waals surface area contributed by atoms with Crippen LogP contribution in [0.3, 0.4) is 0 Å². The molecule has 1 atom stereocenters. The summed E-state index contributed by atoms with van der Waals surface area (Å²) in [6.45, 7) is 0.714. The van der Waals surface area contributed by atoms with Crippen LogP contribution in [0.2, 0.25) is 0 Å². The van der Waals surface area contributed by atoms with Crippen molar-refractivity contribution in [2.45, 2.75) is 19.3 Å². The number of hydrogen-bond donors (Lipinski definition) is 1. The maximum absolute atomic E-state index is 13.5. The van der Waals surface area contributed by atoms with Gasteiger partial charge in [0, 0.05) is 5.56 Å². The van der Waals surface area contributed by atoms with E-state index in [1.165, 1.54) is 0 Å². The molecule has 1 aliphatic rings. The number of carbonyl (C=O) groups excluding carboxylic acids is 1. The Morgan fingerprint density at radius 3 is 2.02 bits per heavy atom. The first-order chi connectivity index (χ1) is 19.5. The predicted octanol–water partition coefficient (Wildman–Crippen LogP) is 6.87. The summed E-state index contributed by atoms with van der Waals surface area (Å²) < 4.78 is 12.3. The summed E-state index contributed by atoms with van der Waals surface area (Å²) in [5.74, 6) is -0.479. The molecule has 200 valence electrons. The number of amides is 1. The second-order valence-electron chi connectivity index (χ2n) is 8.95. The van der Waals surface area contributed by atoms with Gasteiger partial charge in [-0.05, 0) is 41.0 Å².